The van der Waals surface area contributed by atoms with Crippen LogP contribution in [0.2, 0.25) is 0 Å². The van der Waals surface area contributed by atoms with Crippen LogP contribution < -0.4 is 9.47 Å². The Labute approximate surface area is 159 Å². The van der Waals surface area contributed by atoms with Crippen LogP contribution in [0.5, 0.6) is 11.5 Å². The van der Waals surface area contributed by atoms with Crippen LogP contribution in [0.1, 0.15) is 27.0 Å². The number of ether oxygens (including phenoxy) is 2. The standard InChI is InChI=1S/C23H21NO3/c1-26-22-13-18(11-12-21(22)27-16-17-7-3-2-4-8-17)14-24-15-19-9-5-6-10-20(19)23(24)25/h2-13H,14-16H2,1H3. The maximum absolute atomic E-state index is 12.6. The molecule has 0 atom stereocenters. The molecule has 1 aliphatic heterocycles. The monoisotopic (exact) mass is 359 g/mol. The molecule has 0 saturated heterocycles. The van der Waals surface area contributed by atoms with Gasteiger partial charge in [0.25, 0.3) is 5.91 Å². The van der Waals surface area contributed by atoms with Crippen LogP contribution in [0.3, 0.4) is 0 Å². The van der Waals surface area contributed by atoms with Crippen LogP contribution in [0.15, 0.2) is 72.8 Å². The van der Waals surface area contributed by atoms with E-state index in [1.54, 1.807) is 7.11 Å². The third-order valence-electron chi connectivity index (χ3n) is 4.73. The number of nitrogens with zero attached hydrogens (tertiary/aromatic N) is 1. The summed E-state index contributed by atoms with van der Waals surface area (Å²) in [5.74, 6) is 1.45. The van der Waals surface area contributed by atoms with Crippen LogP contribution in [-0.4, -0.2) is 17.9 Å². The molecule has 4 rings (SSSR count). The van der Waals surface area contributed by atoms with Gasteiger partial charge in [0.05, 0.1) is 7.11 Å². The van der Waals surface area contributed by atoms with Crippen molar-refractivity contribution in [3.05, 3.63) is 95.1 Å². The first kappa shape index (κ1) is 17.2. The molecule has 4 heteroatoms. The highest BCUT2D eigenvalue weighted by Gasteiger charge is 2.26. The topological polar surface area (TPSA) is 38.8 Å². The molecule has 4 nitrogen and oxygen atoms in total. The van der Waals surface area contributed by atoms with E-state index < -0.39 is 0 Å². The first-order chi connectivity index (χ1) is 13.2. The maximum atomic E-state index is 12.6. The highest BCUT2D eigenvalue weighted by molar-refractivity contribution is 5.98. The summed E-state index contributed by atoms with van der Waals surface area (Å²) < 4.78 is 11.4. The number of hydrogen-bond acceptors (Lipinski definition) is 3. The van der Waals surface area contributed by atoms with E-state index in [2.05, 4.69) is 0 Å². The summed E-state index contributed by atoms with van der Waals surface area (Å²) in [4.78, 5) is 14.4. The van der Waals surface area contributed by atoms with Crippen molar-refractivity contribution in [3.63, 3.8) is 0 Å². The smallest absolute Gasteiger partial charge is 0.254 e. The molecule has 1 amide bonds. The van der Waals surface area contributed by atoms with Crippen molar-refractivity contribution in [3.8, 4) is 11.5 Å². The Balaban J connectivity index is 1.46. The average molecular weight is 359 g/mol. The molecule has 0 saturated carbocycles. The predicted octanol–water partition coefficient (Wildman–Crippen LogP) is 4.43. The third kappa shape index (κ3) is 3.65. The van der Waals surface area contributed by atoms with Gasteiger partial charge in [-0.25, -0.2) is 0 Å². The van der Waals surface area contributed by atoms with Gasteiger partial charge in [-0.1, -0.05) is 54.6 Å². The highest BCUT2D eigenvalue weighted by Crippen LogP contribution is 2.31. The summed E-state index contributed by atoms with van der Waals surface area (Å²) in [5.41, 5.74) is 3.99. The Bertz CT molecular complexity index is 953. The van der Waals surface area contributed by atoms with Crippen molar-refractivity contribution in [2.24, 2.45) is 0 Å². The Morgan fingerprint density at radius 2 is 1.67 bits per heavy atom. The van der Waals surface area contributed by atoms with E-state index in [0.717, 1.165) is 22.3 Å². The molecule has 1 aliphatic rings. The Kier molecular flexibility index (Phi) is 4.79. The molecule has 136 valence electrons. The second-order valence-corrected chi connectivity index (χ2v) is 6.58. The summed E-state index contributed by atoms with van der Waals surface area (Å²) in [6, 6.07) is 23.6. The van der Waals surface area contributed by atoms with E-state index in [1.165, 1.54) is 0 Å². The van der Waals surface area contributed by atoms with E-state index in [0.29, 0.717) is 31.2 Å². The zero-order valence-corrected chi connectivity index (χ0v) is 15.2. The van der Waals surface area contributed by atoms with Gasteiger partial charge in [-0.2, -0.15) is 0 Å². The molecule has 0 radical (unpaired) electrons. The number of methoxy groups -OCH3 is 1. The van der Waals surface area contributed by atoms with E-state index in [4.69, 9.17) is 9.47 Å². The quantitative estimate of drug-likeness (QED) is 0.653. The summed E-state index contributed by atoms with van der Waals surface area (Å²) in [7, 11) is 1.63. The number of rotatable bonds is 6. The second kappa shape index (κ2) is 7.54. The average Bonchev–Trinajstić information content (AvgIpc) is 3.03. The normalized spacial score (nSPS) is 12.8. The first-order valence-electron chi connectivity index (χ1n) is 8.95. The van der Waals surface area contributed by atoms with Crippen molar-refractivity contribution in [1.29, 1.82) is 0 Å². The number of carbonyl (C=O) groups excluding carboxylic acids is 1. The molecule has 0 spiro atoms. The lowest BCUT2D eigenvalue weighted by molar-refractivity contribution is 0.0766. The number of carbonyl (C=O) groups is 1. The second-order valence-electron chi connectivity index (χ2n) is 6.58. The van der Waals surface area contributed by atoms with E-state index >= 15 is 0 Å². The molecular weight excluding hydrogens is 338 g/mol. The van der Waals surface area contributed by atoms with Crippen molar-refractivity contribution in [1.82, 2.24) is 4.90 Å². The molecule has 0 unspecified atom stereocenters. The van der Waals surface area contributed by atoms with E-state index in [1.807, 2.05) is 77.7 Å². The predicted molar refractivity (Wildman–Crippen MR) is 104 cm³/mol. The van der Waals surface area contributed by atoms with Gasteiger partial charge in [0.1, 0.15) is 6.61 Å². The minimum atomic E-state index is 0.0778. The van der Waals surface area contributed by atoms with Crippen LogP contribution in [0.4, 0.5) is 0 Å². The summed E-state index contributed by atoms with van der Waals surface area (Å²) in [6.45, 7) is 1.67. The van der Waals surface area contributed by atoms with Crippen LogP contribution in [0.25, 0.3) is 0 Å². The first-order valence-corrected chi connectivity index (χ1v) is 8.95. The van der Waals surface area contributed by atoms with Gasteiger partial charge in [0.2, 0.25) is 0 Å². The molecule has 3 aromatic rings. The summed E-state index contributed by atoms with van der Waals surface area (Å²) in [5, 5.41) is 0. The highest BCUT2D eigenvalue weighted by atomic mass is 16.5. The van der Waals surface area contributed by atoms with Gasteiger partial charge >= 0.3 is 0 Å². The molecule has 0 aliphatic carbocycles. The zero-order chi connectivity index (χ0) is 18.6. The van der Waals surface area contributed by atoms with Crippen LogP contribution in [-0.2, 0) is 19.7 Å². The van der Waals surface area contributed by atoms with Crippen molar-refractivity contribution in [2.75, 3.05) is 7.11 Å². The fraction of sp³-hybridized carbons (Fsp3) is 0.174. The Morgan fingerprint density at radius 3 is 2.44 bits per heavy atom. The molecular formula is C23H21NO3. The van der Waals surface area contributed by atoms with Gasteiger partial charge < -0.3 is 14.4 Å². The Morgan fingerprint density at radius 1 is 0.889 bits per heavy atom. The SMILES string of the molecule is COc1cc(CN2Cc3ccccc3C2=O)ccc1OCc1ccccc1. The number of hydrogen-bond donors (Lipinski definition) is 0. The van der Waals surface area contributed by atoms with Gasteiger partial charge in [-0.05, 0) is 34.9 Å². The van der Waals surface area contributed by atoms with E-state index in [-0.39, 0.29) is 5.91 Å². The van der Waals surface area contributed by atoms with Crippen LogP contribution in [0, 0.1) is 0 Å². The number of amides is 1. The molecule has 0 fully saturated rings. The lowest BCUT2D eigenvalue weighted by Gasteiger charge is -2.17. The maximum Gasteiger partial charge on any atom is 0.254 e. The molecule has 27 heavy (non-hydrogen) atoms. The molecule has 0 bridgehead atoms. The van der Waals surface area contributed by atoms with Gasteiger partial charge in [-0.3, -0.25) is 4.79 Å². The minimum Gasteiger partial charge on any atom is -0.493 e. The summed E-state index contributed by atoms with van der Waals surface area (Å²) in [6.07, 6.45) is 0. The number of fused-ring (bicyclic) bond motifs is 1. The van der Waals surface area contributed by atoms with Gasteiger partial charge in [0, 0.05) is 18.7 Å². The van der Waals surface area contributed by atoms with Gasteiger partial charge in [-0.15, -0.1) is 0 Å². The largest absolute Gasteiger partial charge is 0.493 e. The van der Waals surface area contributed by atoms with Gasteiger partial charge in [0.15, 0.2) is 11.5 Å². The Hall–Kier alpha value is -3.27. The van der Waals surface area contributed by atoms with Crippen molar-refractivity contribution in [2.45, 2.75) is 19.7 Å². The summed E-state index contributed by atoms with van der Waals surface area (Å²) >= 11 is 0. The fourth-order valence-electron chi connectivity index (χ4n) is 3.33. The van der Waals surface area contributed by atoms with Crippen molar-refractivity contribution >= 4 is 5.91 Å². The lowest BCUT2D eigenvalue weighted by atomic mass is 10.1. The molecule has 0 N–H and O–H groups in total. The minimum absolute atomic E-state index is 0.0778. The number of benzene rings is 3. The molecule has 3 aromatic carbocycles. The molecule has 0 aromatic heterocycles. The van der Waals surface area contributed by atoms with Crippen molar-refractivity contribution < 1.29 is 14.3 Å². The molecule has 1 heterocycles. The third-order valence-corrected chi connectivity index (χ3v) is 4.73. The lowest BCUT2D eigenvalue weighted by Crippen LogP contribution is -2.23. The zero-order valence-electron chi connectivity index (χ0n) is 15.2. The van der Waals surface area contributed by atoms with E-state index in [9.17, 15) is 4.79 Å². The fourth-order valence-corrected chi connectivity index (χ4v) is 3.33. The van der Waals surface area contributed by atoms with Crippen LogP contribution >= 0.6 is 0 Å².